The standard InChI is InChI=1S/C24H25N3O4/c1-3-18-15-23(30)27-24(26-18)17-6-4-7-19(14-17)25-22(29)9-5-8-21(28)16-10-12-20(31-2)13-11-16/h4,6-7,10-15H,3,5,8-9H2,1-2H3,(H,25,29)(H,26,27,30). The number of hydrogen-bond acceptors (Lipinski definition) is 5. The lowest BCUT2D eigenvalue weighted by Gasteiger charge is -2.08. The van der Waals surface area contributed by atoms with Crippen LogP contribution in [0, 0.1) is 0 Å². The van der Waals surface area contributed by atoms with E-state index in [2.05, 4.69) is 15.3 Å². The van der Waals surface area contributed by atoms with Gasteiger partial charge >= 0.3 is 0 Å². The molecule has 0 unspecified atom stereocenters. The van der Waals surface area contributed by atoms with Gasteiger partial charge < -0.3 is 15.0 Å². The summed E-state index contributed by atoms with van der Waals surface area (Å²) in [6, 6.07) is 15.5. The zero-order valence-corrected chi connectivity index (χ0v) is 17.6. The minimum Gasteiger partial charge on any atom is -0.497 e. The Kier molecular flexibility index (Phi) is 7.32. The van der Waals surface area contributed by atoms with Gasteiger partial charge in [0.25, 0.3) is 5.56 Å². The largest absolute Gasteiger partial charge is 0.497 e. The highest BCUT2D eigenvalue weighted by molar-refractivity contribution is 5.97. The van der Waals surface area contributed by atoms with Crippen LogP contribution in [0.4, 0.5) is 5.69 Å². The van der Waals surface area contributed by atoms with Gasteiger partial charge in [-0.2, -0.15) is 0 Å². The van der Waals surface area contributed by atoms with E-state index >= 15 is 0 Å². The SMILES string of the molecule is CCc1cc(=O)[nH]c(-c2cccc(NC(=O)CCCC(=O)c3ccc(OC)cc3)c2)n1. The Morgan fingerprint density at radius 3 is 2.55 bits per heavy atom. The maximum Gasteiger partial charge on any atom is 0.251 e. The summed E-state index contributed by atoms with van der Waals surface area (Å²) in [5, 5.41) is 2.84. The van der Waals surface area contributed by atoms with Crippen molar-refractivity contribution in [3.05, 3.63) is 76.2 Å². The second-order valence-electron chi connectivity index (χ2n) is 7.07. The fourth-order valence-corrected chi connectivity index (χ4v) is 3.12. The van der Waals surface area contributed by atoms with Crippen LogP contribution >= 0.6 is 0 Å². The summed E-state index contributed by atoms with van der Waals surface area (Å²) in [5.74, 6) is 0.969. The molecule has 0 aliphatic heterocycles. The average molecular weight is 419 g/mol. The highest BCUT2D eigenvalue weighted by Gasteiger charge is 2.10. The molecule has 1 amide bonds. The fraction of sp³-hybridized carbons (Fsp3) is 0.250. The molecule has 1 heterocycles. The first kappa shape index (κ1) is 22.0. The predicted molar refractivity (Wildman–Crippen MR) is 119 cm³/mol. The van der Waals surface area contributed by atoms with Gasteiger partial charge in [-0.3, -0.25) is 14.4 Å². The highest BCUT2D eigenvalue weighted by Crippen LogP contribution is 2.19. The van der Waals surface area contributed by atoms with Crippen LogP contribution in [-0.2, 0) is 11.2 Å². The van der Waals surface area contributed by atoms with Gasteiger partial charge in [-0.05, 0) is 49.2 Å². The van der Waals surface area contributed by atoms with Crippen LogP contribution in [0.5, 0.6) is 5.75 Å². The van der Waals surface area contributed by atoms with Crippen LogP contribution in [0.15, 0.2) is 59.4 Å². The summed E-state index contributed by atoms with van der Waals surface area (Å²) >= 11 is 0. The van der Waals surface area contributed by atoms with Gasteiger partial charge in [0.05, 0.1) is 7.11 Å². The molecular weight excluding hydrogens is 394 g/mol. The Bertz CT molecular complexity index is 1120. The summed E-state index contributed by atoms with van der Waals surface area (Å²) in [5.41, 5.74) is 2.41. The minimum atomic E-state index is -0.210. The van der Waals surface area contributed by atoms with Gasteiger partial charge in [0.1, 0.15) is 11.6 Å². The number of carbonyl (C=O) groups excluding carboxylic acids is 2. The number of ketones is 1. The van der Waals surface area contributed by atoms with Crippen molar-refractivity contribution in [2.75, 3.05) is 12.4 Å². The smallest absolute Gasteiger partial charge is 0.251 e. The Hall–Kier alpha value is -3.74. The van der Waals surface area contributed by atoms with Crippen LogP contribution in [0.3, 0.4) is 0 Å². The van der Waals surface area contributed by atoms with E-state index in [-0.39, 0.29) is 30.1 Å². The highest BCUT2D eigenvalue weighted by atomic mass is 16.5. The number of carbonyl (C=O) groups is 2. The van der Waals surface area contributed by atoms with Crippen molar-refractivity contribution in [1.29, 1.82) is 0 Å². The van der Waals surface area contributed by atoms with Crippen molar-refractivity contribution >= 4 is 17.4 Å². The lowest BCUT2D eigenvalue weighted by atomic mass is 10.1. The van der Waals surface area contributed by atoms with Crippen LogP contribution < -0.4 is 15.6 Å². The molecule has 0 spiro atoms. The van der Waals surface area contributed by atoms with Crippen molar-refractivity contribution in [2.24, 2.45) is 0 Å². The van der Waals surface area contributed by atoms with Crippen LogP contribution in [0.2, 0.25) is 0 Å². The molecule has 2 N–H and O–H groups in total. The lowest BCUT2D eigenvalue weighted by molar-refractivity contribution is -0.116. The van der Waals surface area contributed by atoms with Gasteiger partial charge in [0.15, 0.2) is 5.78 Å². The summed E-state index contributed by atoms with van der Waals surface area (Å²) in [6.07, 6.45) is 1.62. The maximum atomic E-state index is 12.3. The molecule has 0 bridgehead atoms. The predicted octanol–water partition coefficient (Wildman–Crippen LogP) is 4.00. The van der Waals surface area contributed by atoms with Gasteiger partial charge in [0.2, 0.25) is 5.91 Å². The van der Waals surface area contributed by atoms with E-state index in [1.54, 1.807) is 49.6 Å². The third-order valence-electron chi connectivity index (χ3n) is 4.80. The van der Waals surface area contributed by atoms with E-state index in [4.69, 9.17) is 4.74 Å². The zero-order chi connectivity index (χ0) is 22.2. The maximum absolute atomic E-state index is 12.3. The Morgan fingerprint density at radius 1 is 1.06 bits per heavy atom. The second kappa shape index (κ2) is 10.3. The van der Waals surface area contributed by atoms with Crippen LogP contribution in [0.25, 0.3) is 11.4 Å². The summed E-state index contributed by atoms with van der Waals surface area (Å²) in [4.78, 5) is 43.5. The molecule has 0 saturated heterocycles. The molecule has 0 saturated carbocycles. The Labute approximate surface area is 180 Å². The Morgan fingerprint density at radius 2 is 1.84 bits per heavy atom. The number of aryl methyl sites for hydroxylation is 1. The number of Topliss-reactive ketones (excluding diaryl/α,β-unsaturated/α-hetero) is 1. The topological polar surface area (TPSA) is 101 Å². The summed E-state index contributed by atoms with van der Waals surface area (Å²) in [7, 11) is 1.57. The van der Waals surface area contributed by atoms with E-state index in [0.29, 0.717) is 46.9 Å². The fourth-order valence-electron chi connectivity index (χ4n) is 3.12. The quantitative estimate of drug-likeness (QED) is 0.511. The van der Waals surface area contributed by atoms with E-state index < -0.39 is 0 Å². The van der Waals surface area contributed by atoms with Gasteiger partial charge in [-0.1, -0.05) is 19.1 Å². The number of amides is 1. The van der Waals surface area contributed by atoms with E-state index in [1.807, 2.05) is 13.0 Å². The molecule has 3 rings (SSSR count). The first-order chi connectivity index (χ1) is 15.0. The minimum absolute atomic E-state index is 0.0108. The van der Waals surface area contributed by atoms with E-state index in [1.165, 1.54) is 6.07 Å². The molecule has 3 aromatic rings. The normalized spacial score (nSPS) is 10.5. The number of hydrogen-bond donors (Lipinski definition) is 2. The van der Waals surface area contributed by atoms with Crippen molar-refractivity contribution < 1.29 is 14.3 Å². The van der Waals surface area contributed by atoms with Gasteiger partial charge in [-0.15, -0.1) is 0 Å². The molecule has 0 aliphatic rings. The molecular formula is C24H25N3O4. The monoisotopic (exact) mass is 419 g/mol. The number of ether oxygens (including phenoxy) is 1. The number of H-pyrrole nitrogens is 1. The molecule has 7 heteroatoms. The number of benzene rings is 2. The third kappa shape index (κ3) is 6.12. The molecule has 0 radical (unpaired) electrons. The number of nitrogens with zero attached hydrogens (tertiary/aromatic N) is 1. The number of nitrogens with one attached hydrogen (secondary N) is 2. The summed E-state index contributed by atoms with van der Waals surface area (Å²) in [6.45, 7) is 1.93. The molecule has 2 aromatic carbocycles. The molecule has 160 valence electrons. The first-order valence-corrected chi connectivity index (χ1v) is 10.2. The molecule has 0 fully saturated rings. The van der Waals surface area contributed by atoms with Crippen molar-refractivity contribution in [1.82, 2.24) is 9.97 Å². The van der Waals surface area contributed by atoms with Gasteiger partial charge in [-0.25, -0.2) is 4.98 Å². The molecule has 31 heavy (non-hydrogen) atoms. The summed E-state index contributed by atoms with van der Waals surface area (Å²) < 4.78 is 5.09. The molecule has 0 atom stereocenters. The molecule has 0 aliphatic carbocycles. The number of aromatic amines is 1. The lowest BCUT2D eigenvalue weighted by Crippen LogP contribution is -2.12. The van der Waals surface area contributed by atoms with E-state index in [0.717, 1.165) is 0 Å². The van der Waals surface area contributed by atoms with Crippen molar-refractivity contribution in [3.63, 3.8) is 0 Å². The number of anilines is 1. The number of aromatic nitrogens is 2. The number of methoxy groups -OCH3 is 1. The van der Waals surface area contributed by atoms with Crippen LogP contribution in [-0.4, -0.2) is 28.8 Å². The van der Waals surface area contributed by atoms with E-state index in [9.17, 15) is 14.4 Å². The first-order valence-electron chi connectivity index (χ1n) is 10.2. The molecule has 1 aromatic heterocycles. The third-order valence-corrected chi connectivity index (χ3v) is 4.80. The van der Waals surface area contributed by atoms with Crippen molar-refractivity contribution in [2.45, 2.75) is 32.6 Å². The Balaban J connectivity index is 1.56. The van der Waals surface area contributed by atoms with Crippen molar-refractivity contribution in [3.8, 4) is 17.1 Å². The molecule has 7 nitrogen and oxygen atoms in total. The van der Waals surface area contributed by atoms with Crippen LogP contribution in [0.1, 0.15) is 42.2 Å². The number of rotatable bonds is 9. The second-order valence-corrected chi connectivity index (χ2v) is 7.07. The average Bonchev–Trinajstić information content (AvgIpc) is 2.78. The van der Waals surface area contributed by atoms with Gasteiger partial charge in [0, 0.05) is 41.4 Å². The zero-order valence-electron chi connectivity index (χ0n) is 17.6.